The summed E-state index contributed by atoms with van der Waals surface area (Å²) in [5.41, 5.74) is 1.76. The fraction of sp³-hybridized carbons (Fsp3) is 0.515. The van der Waals surface area contributed by atoms with Crippen LogP contribution in [-0.4, -0.2) is 91.5 Å². The van der Waals surface area contributed by atoms with E-state index in [2.05, 4.69) is 5.32 Å². The zero-order chi connectivity index (χ0) is 32.7. The van der Waals surface area contributed by atoms with E-state index >= 15 is 0 Å². The first-order valence-corrected chi connectivity index (χ1v) is 15.6. The summed E-state index contributed by atoms with van der Waals surface area (Å²) in [6.45, 7) is 5.21. The fourth-order valence-corrected chi connectivity index (χ4v) is 5.77. The molecule has 3 N–H and O–H groups in total. The Labute approximate surface area is 266 Å². The predicted molar refractivity (Wildman–Crippen MR) is 166 cm³/mol. The number of cyclic esters (lactones) is 1. The Kier molecular flexibility index (Phi) is 11.0. The number of aryl methyl sites for hydroxylation is 1. The summed E-state index contributed by atoms with van der Waals surface area (Å²) in [4.78, 5) is 41.8. The van der Waals surface area contributed by atoms with Crippen molar-refractivity contribution in [2.45, 2.75) is 51.4 Å². The highest BCUT2D eigenvalue weighted by molar-refractivity contribution is 5.89. The molecule has 0 fully saturated rings. The number of benzene rings is 1. The van der Waals surface area contributed by atoms with Gasteiger partial charge in [0, 0.05) is 42.2 Å². The zero-order valence-corrected chi connectivity index (χ0v) is 26.3. The van der Waals surface area contributed by atoms with Crippen LogP contribution in [0.1, 0.15) is 48.4 Å². The van der Waals surface area contributed by atoms with Gasteiger partial charge in [-0.1, -0.05) is 6.92 Å². The maximum atomic E-state index is 13.4. The van der Waals surface area contributed by atoms with Crippen molar-refractivity contribution in [3.05, 3.63) is 56.9 Å². The standard InChI is InChI=1S/C33H41N3O10/c1-3-33(41)25-18-27-30-21(19-36(27)31(39)24(25)20-46-32(33)40)17-23-22(28(37)7-6-26(23)35-30)5-4-9-42-11-13-44-15-16-45-14-12-43-10-8-29(38)34-2/h6-7,17-18,37,41H,3-5,8-16,19-20H2,1-2H3,(H,34,38)/t33-/m0/s1. The fourth-order valence-electron chi connectivity index (χ4n) is 5.77. The van der Waals surface area contributed by atoms with E-state index in [1.807, 2.05) is 6.07 Å². The highest BCUT2D eigenvalue weighted by atomic mass is 16.6. The summed E-state index contributed by atoms with van der Waals surface area (Å²) in [5, 5.41) is 25.1. The van der Waals surface area contributed by atoms with E-state index < -0.39 is 11.6 Å². The number of carbonyl (C=O) groups excluding carboxylic acids is 2. The molecule has 0 saturated carbocycles. The summed E-state index contributed by atoms with van der Waals surface area (Å²) < 4.78 is 28.7. The van der Waals surface area contributed by atoms with Gasteiger partial charge in [0.15, 0.2) is 5.60 Å². The number of fused-ring (bicyclic) bond motifs is 5. The number of nitrogens with zero attached hydrogens (tertiary/aromatic N) is 2. The molecular weight excluding hydrogens is 598 g/mol. The van der Waals surface area contributed by atoms with Crippen LogP contribution in [0.2, 0.25) is 0 Å². The van der Waals surface area contributed by atoms with Crippen molar-refractivity contribution in [1.82, 2.24) is 14.9 Å². The average molecular weight is 640 g/mol. The topological polar surface area (TPSA) is 168 Å². The number of aromatic hydroxyl groups is 1. The number of ether oxygens (including phenoxy) is 5. The van der Waals surface area contributed by atoms with E-state index in [1.165, 1.54) is 0 Å². The van der Waals surface area contributed by atoms with Crippen molar-refractivity contribution in [3.63, 3.8) is 0 Å². The minimum atomic E-state index is -1.88. The Hall–Kier alpha value is -3.88. The Morgan fingerprint density at radius 1 is 1.02 bits per heavy atom. The zero-order valence-electron chi connectivity index (χ0n) is 26.3. The third kappa shape index (κ3) is 7.08. The Morgan fingerprint density at radius 2 is 1.70 bits per heavy atom. The highest BCUT2D eigenvalue weighted by Crippen LogP contribution is 2.39. The van der Waals surface area contributed by atoms with E-state index in [1.54, 1.807) is 36.7 Å². The predicted octanol–water partition coefficient (Wildman–Crippen LogP) is 1.92. The van der Waals surface area contributed by atoms with Crippen molar-refractivity contribution in [1.29, 1.82) is 0 Å². The van der Waals surface area contributed by atoms with Crippen LogP contribution >= 0.6 is 0 Å². The molecule has 3 aromatic rings. The number of aromatic nitrogens is 2. The maximum Gasteiger partial charge on any atom is 0.343 e. The Bertz CT molecular complexity index is 1640. The highest BCUT2D eigenvalue weighted by Gasteiger charge is 2.45. The second kappa shape index (κ2) is 15.1. The molecule has 2 aliphatic heterocycles. The number of aliphatic hydroxyl groups is 1. The molecule has 1 aromatic carbocycles. The molecule has 0 radical (unpaired) electrons. The van der Waals surface area contributed by atoms with E-state index in [-0.39, 0.29) is 47.9 Å². The van der Waals surface area contributed by atoms with Gasteiger partial charge in [0.25, 0.3) is 5.56 Å². The number of amides is 1. The van der Waals surface area contributed by atoms with Gasteiger partial charge in [0.05, 0.1) is 75.3 Å². The molecule has 13 nitrogen and oxygen atoms in total. The maximum absolute atomic E-state index is 13.4. The van der Waals surface area contributed by atoms with Gasteiger partial charge in [-0.05, 0) is 43.5 Å². The molecule has 2 aliphatic rings. The van der Waals surface area contributed by atoms with Gasteiger partial charge < -0.3 is 43.8 Å². The monoisotopic (exact) mass is 639 g/mol. The molecule has 1 atom stereocenters. The van der Waals surface area contributed by atoms with Crippen LogP contribution < -0.4 is 10.9 Å². The molecule has 0 saturated heterocycles. The van der Waals surface area contributed by atoms with Gasteiger partial charge >= 0.3 is 5.97 Å². The lowest BCUT2D eigenvalue weighted by molar-refractivity contribution is -0.172. The number of pyridine rings is 2. The average Bonchev–Trinajstić information content (AvgIpc) is 3.42. The minimum Gasteiger partial charge on any atom is -0.508 e. The van der Waals surface area contributed by atoms with Crippen molar-refractivity contribution in [2.24, 2.45) is 0 Å². The van der Waals surface area contributed by atoms with Crippen LogP contribution in [0.4, 0.5) is 0 Å². The number of carbonyl (C=O) groups is 2. The third-order valence-corrected chi connectivity index (χ3v) is 8.36. The molecule has 4 heterocycles. The summed E-state index contributed by atoms with van der Waals surface area (Å²) in [5.74, 6) is -0.645. The van der Waals surface area contributed by atoms with Crippen LogP contribution in [0.5, 0.6) is 5.75 Å². The summed E-state index contributed by atoms with van der Waals surface area (Å²) in [6.07, 6.45) is 1.64. The number of hydrogen-bond donors (Lipinski definition) is 3. The lowest BCUT2D eigenvalue weighted by Gasteiger charge is -2.31. The van der Waals surface area contributed by atoms with Crippen LogP contribution in [0.15, 0.2) is 29.1 Å². The SMILES string of the molecule is CC[C@@]1(O)C(=O)OCc2c1cc1n(c2=O)Cc2cc3c(CCCOCCOCCOCCOCCC(=O)NC)c(O)ccc3nc2-1. The van der Waals surface area contributed by atoms with Crippen molar-refractivity contribution in [3.8, 4) is 17.1 Å². The molecule has 0 aliphatic carbocycles. The lowest BCUT2D eigenvalue weighted by Crippen LogP contribution is -2.44. The molecule has 0 spiro atoms. The number of phenolic OH excluding ortho intramolecular Hbond substituents is 1. The van der Waals surface area contributed by atoms with E-state index in [9.17, 15) is 24.6 Å². The first-order valence-electron chi connectivity index (χ1n) is 15.6. The first-order chi connectivity index (χ1) is 22.3. The second-order valence-corrected chi connectivity index (χ2v) is 11.2. The van der Waals surface area contributed by atoms with Gasteiger partial charge in [-0.2, -0.15) is 0 Å². The van der Waals surface area contributed by atoms with Crippen LogP contribution in [0.25, 0.3) is 22.3 Å². The minimum absolute atomic E-state index is 0.0562. The number of phenols is 1. The second-order valence-electron chi connectivity index (χ2n) is 11.2. The normalized spacial score (nSPS) is 16.6. The number of rotatable bonds is 17. The molecule has 5 rings (SSSR count). The summed E-state index contributed by atoms with van der Waals surface area (Å²) in [7, 11) is 1.59. The molecular formula is C33H41N3O10. The van der Waals surface area contributed by atoms with Crippen molar-refractivity contribution in [2.75, 3.05) is 59.9 Å². The number of esters is 1. The van der Waals surface area contributed by atoms with Gasteiger partial charge in [-0.3, -0.25) is 9.59 Å². The molecule has 248 valence electrons. The van der Waals surface area contributed by atoms with Crippen LogP contribution in [-0.2, 0) is 58.4 Å². The van der Waals surface area contributed by atoms with Crippen LogP contribution in [0, 0.1) is 0 Å². The summed E-state index contributed by atoms with van der Waals surface area (Å²) in [6, 6.07) is 7.01. The Balaban J connectivity index is 1.11. The van der Waals surface area contributed by atoms with E-state index in [0.29, 0.717) is 89.0 Å². The van der Waals surface area contributed by atoms with Crippen LogP contribution in [0.3, 0.4) is 0 Å². The van der Waals surface area contributed by atoms with Gasteiger partial charge in [-0.15, -0.1) is 0 Å². The summed E-state index contributed by atoms with van der Waals surface area (Å²) >= 11 is 0. The lowest BCUT2D eigenvalue weighted by atomic mass is 9.86. The molecule has 46 heavy (non-hydrogen) atoms. The molecule has 2 aromatic heterocycles. The molecule has 13 heteroatoms. The Morgan fingerprint density at radius 3 is 2.37 bits per heavy atom. The molecule has 0 unspecified atom stereocenters. The first kappa shape index (κ1) is 33.5. The van der Waals surface area contributed by atoms with E-state index in [4.69, 9.17) is 28.7 Å². The van der Waals surface area contributed by atoms with Crippen molar-refractivity contribution >= 4 is 22.8 Å². The van der Waals surface area contributed by atoms with Gasteiger partial charge in [-0.25, -0.2) is 9.78 Å². The smallest absolute Gasteiger partial charge is 0.343 e. The van der Waals surface area contributed by atoms with E-state index in [0.717, 1.165) is 16.5 Å². The molecule has 0 bridgehead atoms. The quantitative estimate of drug-likeness (QED) is 0.114. The third-order valence-electron chi connectivity index (χ3n) is 8.36. The van der Waals surface area contributed by atoms with Crippen molar-refractivity contribution < 1.29 is 43.5 Å². The van der Waals surface area contributed by atoms with Gasteiger partial charge in [0.1, 0.15) is 12.4 Å². The number of nitrogens with one attached hydrogen (secondary N) is 1. The number of hydrogen-bond acceptors (Lipinski definition) is 11. The largest absolute Gasteiger partial charge is 0.508 e. The van der Waals surface area contributed by atoms with Gasteiger partial charge in [0.2, 0.25) is 5.91 Å². The molecule has 1 amide bonds.